The minimum atomic E-state index is -0.480. The van der Waals surface area contributed by atoms with Crippen molar-refractivity contribution in [1.82, 2.24) is 16.2 Å². The van der Waals surface area contributed by atoms with Crippen LogP contribution >= 0.6 is 44.1 Å². The van der Waals surface area contributed by atoms with Crippen molar-refractivity contribution < 1.29 is 19.1 Å². The summed E-state index contributed by atoms with van der Waals surface area (Å²) in [4.78, 5) is 24.2. The zero-order valence-corrected chi connectivity index (χ0v) is 22.1. The highest BCUT2D eigenvalue weighted by molar-refractivity contribution is 9.11. The molecule has 0 radical (unpaired) electrons. The van der Waals surface area contributed by atoms with E-state index < -0.39 is 11.8 Å². The summed E-state index contributed by atoms with van der Waals surface area (Å²) in [5, 5.41) is 6.44. The number of thiocarbonyl (C=S) groups is 1. The van der Waals surface area contributed by atoms with E-state index in [-0.39, 0.29) is 18.3 Å². The molecule has 4 rings (SSSR count). The van der Waals surface area contributed by atoms with Crippen LogP contribution < -0.4 is 25.6 Å². The fraction of sp³-hybridized carbons (Fsp3) is 0.0800. The van der Waals surface area contributed by atoms with Crippen molar-refractivity contribution in [2.45, 2.75) is 0 Å². The number of hydrogen-bond acceptors (Lipinski definition) is 5. The first-order chi connectivity index (χ1) is 16.9. The van der Waals surface area contributed by atoms with Gasteiger partial charge in [-0.3, -0.25) is 25.8 Å². The summed E-state index contributed by atoms with van der Waals surface area (Å²) in [6.07, 6.45) is 0. The van der Waals surface area contributed by atoms with Gasteiger partial charge in [0.2, 0.25) is 0 Å². The van der Waals surface area contributed by atoms with Gasteiger partial charge in [0, 0.05) is 4.47 Å². The number of hydrazine groups is 1. The number of carbonyl (C=O) groups excluding carboxylic acids is 2. The molecular formula is C25H19Br2N3O4S. The minimum absolute atomic E-state index is 0.0694. The van der Waals surface area contributed by atoms with Crippen molar-refractivity contribution in [1.29, 1.82) is 0 Å². The van der Waals surface area contributed by atoms with Gasteiger partial charge in [0.25, 0.3) is 11.8 Å². The lowest BCUT2D eigenvalue weighted by atomic mass is 10.1. The lowest BCUT2D eigenvalue weighted by Gasteiger charge is -2.13. The highest BCUT2D eigenvalue weighted by atomic mass is 79.9. The summed E-state index contributed by atoms with van der Waals surface area (Å²) in [6, 6.07) is 23.0. The second-order valence-electron chi connectivity index (χ2n) is 7.38. The van der Waals surface area contributed by atoms with Gasteiger partial charge in [-0.05, 0) is 80.0 Å². The van der Waals surface area contributed by atoms with Crippen LogP contribution in [0.25, 0.3) is 21.5 Å². The Balaban J connectivity index is 1.20. The number of amides is 2. The summed E-state index contributed by atoms with van der Waals surface area (Å²) in [6.45, 7) is -0.487. The molecule has 178 valence electrons. The van der Waals surface area contributed by atoms with Crippen LogP contribution in [-0.2, 0) is 9.59 Å². The summed E-state index contributed by atoms with van der Waals surface area (Å²) in [5.41, 5.74) is 4.85. The number of halogens is 2. The number of benzene rings is 4. The number of ether oxygens (including phenoxy) is 2. The summed E-state index contributed by atoms with van der Waals surface area (Å²) >= 11 is 12.0. The molecule has 0 saturated heterocycles. The van der Waals surface area contributed by atoms with E-state index in [0.29, 0.717) is 11.5 Å². The molecule has 7 nitrogen and oxygen atoms in total. The molecule has 4 aromatic rings. The molecule has 0 fully saturated rings. The topological polar surface area (TPSA) is 88.7 Å². The van der Waals surface area contributed by atoms with Crippen molar-refractivity contribution in [3.8, 4) is 11.5 Å². The van der Waals surface area contributed by atoms with Gasteiger partial charge in [-0.1, -0.05) is 58.4 Å². The van der Waals surface area contributed by atoms with Gasteiger partial charge >= 0.3 is 0 Å². The molecule has 0 aliphatic carbocycles. The second-order valence-corrected chi connectivity index (χ2v) is 9.50. The third-order valence-electron chi connectivity index (χ3n) is 4.90. The normalized spacial score (nSPS) is 10.6. The number of carbonyl (C=O) groups is 2. The standard InChI is InChI=1S/C25H19Br2N3O4S/c26-18-7-9-20-17(11-18)6-10-21(24(20)27)34-13-22(31)28-25(35)30-29-23(32)14-33-19-8-5-15-3-1-2-4-16(15)12-19/h1-12H,13-14H2,(H,29,32)(H2,28,30,31,35). The number of fused-ring (bicyclic) bond motifs is 2. The maximum Gasteiger partial charge on any atom is 0.276 e. The van der Waals surface area contributed by atoms with Gasteiger partial charge in [-0.15, -0.1) is 0 Å². The van der Waals surface area contributed by atoms with Gasteiger partial charge in [-0.25, -0.2) is 0 Å². The monoisotopic (exact) mass is 615 g/mol. The maximum absolute atomic E-state index is 12.2. The molecule has 35 heavy (non-hydrogen) atoms. The third-order valence-corrected chi connectivity index (χ3v) is 6.41. The van der Waals surface area contributed by atoms with E-state index in [1.807, 2.05) is 60.7 Å². The summed E-state index contributed by atoms with van der Waals surface area (Å²) < 4.78 is 12.8. The number of nitrogens with one attached hydrogen (secondary N) is 3. The maximum atomic E-state index is 12.2. The summed E-state index contributed by atoms with van der Waals surface area (Å²) in [7, 11) is 0. The molecule has 0 spiro atoms. The van der Waals surface area contributed by atoms with E-state index >= 15 is 0 Å². The largest absolute Gasteiger partial charge is 0.484 e. The lowest BCUT2D eigenvalue weighted by Crippen LogP contribution is -2.50. The predicted molar refractivity (Wildman–Crippen MR) is 146 cm³/mol. The molecule has 0 saturated carbocycles. The van der Waals surface area contributed by atoms with Crippen LogP contribution in [0.15, 0.2) is 81.7 Å². The van der Waals surface area contributed by atoms with Crippen molar-refractivity contribution in [3.63, 3.8) is 0 Å². The molecule has 0 aliphatic heterocycles. The molecule has 0 heterocycles. The summed E-state index contributed by atoms with van der Waals surface area (Å²) in [5.74, 6) is 0.150. The van der Waals surface area contributed by atoms with Gasteiger partial charge in [0.1, 0.15) is 11.5 Å². The van der Waals surface area contributed by atoms with Gasteiger partial charge < -0.3 is 9.47 Å². The molecule has 0 aliphatic rings. The fourth-order valence-corrected chi connectivity index (χ4v) is 4.41. The minimum Gasteiger partial charge on any atom is -0.484 e. The van der Waals surface area contributed by atoms with Gasteiger partial charge in [0.15, 0.2) is 18.3 Å². The van der Waals surface area contributed by atoms with Gasteiger partial charge in [-0.2, -0.15) is 0 Å². The second kappa shape index (κ2) is 11.5. The van der Waals surface area contributed by atoms with Crippen molar-refractivity contribution in [2.24, 2.45) is 0 Å². The molecule has 3 N–H and O–H groups in total. The number of rotatable bonds is 6. The first kappa shape index (κ1) is 24.9. The Kier molecular flexibility index (Phi) is 8.17. The highest BCUT2D eigenvalue weighted by Gasteiger charge is 2.11. The third kappa shape index (κ3) is 6.68. The zero-order chi connectivity index (χ0) is 24.8. The van der Waals surface area contributed by atoms with E-state index in [1.165, 1.54) is 0 Å². The smallest absolute Gasteiger partial charge is 0.276 e. The molecule has 2 amide bonds. The first-order valence-electron chi connectivity index (χ1n) is 10.4. The van der Waals surface area contributed by atoms with Crippen LogP contribution in [0.1, 0.15) is 0 Å². The molecule has 0 bridgehead atoms. The zero-order valence-electron chi connectivity index (χ0n) is 18.1. The highest BCUT2D eigenvalue weighted by Crippen LogP contribution is 2.34. The fourth-order valence-electron chi connectivity index (χ4n) is 3.26. The molecular weight excluding hydrogens is 598 g/mol. The van der Waals surface area contributed by atoms with Gasteiger partial charge in [0.05, 0.1) is 4.47 Å². The van der Waals surface area contributed by atoms with Crippen LogP contribution in [0.5, 0.6) is 11.5 Å². The Labute approximate surface area is 223 Å². The molecule has 0 unspecified atom stereocenters. The Bertz CT molecular complexity index is 1430. The van der Waals surface area contributed by atoms with E-state index in [2.05, 4.69) is 48.0 Å². The first-order valence-corrected chi connectivity index (χ1v) is 12.4. The van der Waals surface area contributed by atoms with E-state index in [4.69, 9.17) is 21.7 Å². The number of hydrogen-bond donors (Lipinski definition) is 3. The predicted octanol–water partition coefficient (Wildman–Crippen LogP) is 5.00. The Hall–Kier alpha value is -3.21. The molecule has 0 atom stereocenters. The lowest BCUT2D eigenvalue weighted by molar-refractivity contribution is -0.124. The van der Waals surface area contributed by atoms with Crippen LogP contribution in [0.2, 0.25) is 0 Å². The Morgan fingerprint density at radius 3 is 2.34 bits per heavy atom. The van der Waals surface area contributed by atoms with Crippen LogP contribution in [0.4, 0.5) is 0 Å². The molecule has 0 aromatic heterocycles. The van der Waals surface area contributed by atoms with E-state index in [1.54, 1.807) is 12.1 Å². The van der Waals surface area contributed by atoms with Crippen molar-refractivity contribution in [3.05, 3.63) is 81.7 Å². The van der Waals surface area contributed by atoms with E-state index in [9.17, 15) is 9.59 Å². The Morgan fingerprint density at radius 2 is 1.51 bits per heavy atom. The molecule has 10 heteroatoms. The van der Waals surface area contributed by atoms with E-state index in [0.717, 1.165) is 30.5 Å². The van der Waals surface area contributed by atoms with Crippen molar-refractivity contribution >= 4 is 82.5 Å². The van der Waals surface area contributed by atoms with Crippen molar-refractivity contribution in [2.75, 3.05) is 13.2 Å². The van der Waals surface area contributed by atoms with Crippen LogP contribution in [0, 0.1) is 0 Å². The average Bonchev–Trinajstić information content (AvgIpc) is 2.85. The quantitative estimate of drug-likeness (QED) is 0.209. The SMILES string of the molecule is O=C(COc1ccc2ccccc2c1)NNC(=S)NC(=O)COc1ccc2cc(Br)ccc2c1Br. The average molecular weight is 617 g/mol. The molecule has 4 aromatic carbocycles. The van der Waals surface area contributed by atoms with Crippen LogP contribution in [-0.4, -0.2) is 30.1 Å². The van der Waals surface area contributed by atoms with Crippen LogP contribution in [0.3, 0.4) is 0 Å². The Morgan fingerprint density at radius 1 is 0.771 bits per heavy atom.